The van der Waals surface area contributed by atoms with Gasteiger partial charge in [0.1, 0.15) is 6.10 Å². The Labute approximate surface area is 312 Å². The van der Waals surface area contributed by atoms with Crippen molar-refractivity contribution in [2.75, 3.05) is 19.8 Å². The van der Waals surface area contributed by atoms with E-state index < -0.39 is 37.7 Å². The highest BCUT2D eigenvalue weighted by Crippen LogP contribution is 2.43. The second-order valence-corrected chi connectivity index (χ2v) is 15.6. The number of ketones is 2. The summed E-state index contributed by atoms with van der Waals surface area (Å²) in [7, 11) is -4.58. The number of Topliss-reactive ketones (excluding diaryl/α,β-unsaturated/α-hetero) is 2. The van der Waals surface area contributed by atoms with Gasteiger partial charge < -0.3 is 20.8 Å². The minimum absolute atomic E-state index is 0.0245. The smallest absolute Gasteiger partial charge is 0.387 e. The Morgan fingerprint density at radius 1 is 0.608 bits per heavy atom. The first kappa shape index (κ1) is 49.8. The first-order valence-electron chi connectivity index (χ1n) is 20.7. The van der Waals surface area contributed by atoms with Gasteiger partial charge in [-0.3, -0.25) is 18.6 Å². The Kier molecular flexibility index (Phi) is 33.8. The van der Waals surface area contributed by atoms with Crippen LogP contribution in [0, 0.1) is 0 Å². The maximum Gasteiger partial charge on any atom is 0.472 e. The fourth-order valence-corrected chi connectivity index (χ4v) is 6.85. The number of phosphoric acid groups is 1. The van der Waals surface area contributed by atoms with E-state index >= 15 is 0 Å². The molecule has 51 heavy (non-hydrogen) atoms. The molecule has 9 nitrogen and oxygen atoms in total. The number of phosphoric ester groups is 1. The Morgan fingerprint density at radius 2 is 0.941 bits per heavy atom. The number of aliphatic hydroxyl groups is 2. The highest BCUT2D eigenvalue weighted by Gasteiger charge is 2.49. The van der Waals surface area contributed by atoms with Crippen molar-refractivity contribution in [3.8, 4) is 0 Å². The third kappa shape index (κ3) is 28.0. The average Bonchev–Trinajstić information content (AvgIpc) is 3.12. The van der Waals surface area contributed by atoms with Gasteiger partial charge in [0.25, 0.3) is 0 Å². The van der Waals surface area contributed by atoms with Gasteiger partial charge in [-0.25, -0.2) is 4.57 Å². The summed E-state index contributed by atoms with van der Waals surface area (Å²) in [6, 6.07) is 0. The minimum atomic E-state index is -4.58. The zero-order chi connectivity index (χ0) is 37.9. The van der Waals surface area contributed by atoms with Gasteiger partial charge in [0, 0.05) is 19.4 Å². The van der Waals surface area contributed by atoms with Crippen molar-refractivity contribution < 1.29 is 38.3 Å². The zero-order valence-corrected chi connectivity index (χ0v) is 33.6. The molecule has 0 saturated heterocycles. The van der Waals surface area contributed by atoms with E-state index in [1.54, 1.807) is 0 Å². The van der Waals surface area contributed by atoms with Crippen LogP contribution in [0.15, 0.2) is 24.3 Å². The molecule has 0 aliphatic rings. The van der Waals surface area contributed by atoms with Crippen molar-refractivity contribution in [2.45, 2.75) is 205 Å². The summed E-state index contributed by atoms with van der Waals surface area (Å²) in [5.74, 6) is -1.57. The van der Waals surface area contributed by atoms with Crippen molar-refractivity contribution in [3.05, 3.63) is 24.3 Å². The molecule has 0 aromatic carbocycles. The van der Waals surface area contributed by atoms with Crippen LogP contribution in [-0.2, 0) is 23.2 Å². The quantitative estimate of drug-likeness (QED) is 0.0208. The molecule has 1 unspecified atom stereocenters. The lowest BCUT2D eigenvalue weighted by Crippen LogP contribution is -2.57. The van der Waals surface area contributed by atoms with E-state index in [9.17, 15) is 29.3 Å². The highest BCUT2D eigenvalue weighted by molar-refractivity contribution is 7.47. The van der Waals surface area contributed by atoms with Crippen molar-refractivity contribution >= 4 is 19.4 Å². The predicted molar refractivity (Wildman–Crippen MR) is 211 cm³/mol. The Morgan fingerprint density at radius 3 is 1.29 bits per heavy atom. The molecule has 0 bridgehead atoms. The Hall–Kier alpha value is -1.19. The number of carbonyl (C=O) groups is 2. The van der Waals surface area contributed by atoms with Gasteiger partial charge in [-0.05, 0) is 64.2 Å². The molecular weight excluding hydrogens is 665 g/mol. The van der Waals surface area contributed by atoms with E-state index in [4.69, 9.17) is 10.3 Å². The summed E-state index contributed by atoms with van der Waals surface area (Å²) in [4.78, 5) is 36.3. The molecule has 0 fully saturated rings. The molecule has 0 aliphatic carbocycles. The topological polar surface area (TPSA) is 156 Å². The van der Waals surface area contributed by atoms with Crippen molar-refractivity contribution in [3.63, 3.8) is 0 Å². The maximum atomic E-state index is 13.3. The summed E-state index contributed by atoms with van der Waals surface area (Å²) in [6.45, 7) is 3.28. The number of hydrogen-bond acceptors (Lipinski definition) is 8. The summed E-state index contributed by atoms with van der Waals surface area (Å²) in [6.07, 6.45) is 35.4. The number of unbranched alkanes of at least 4 members (excludes halogenated alkanes) is 22. The molecule has 2 atom stereocenters. The maximum absolute atomic E-state index is 13.3. The number of aliphatic hydroxyl groups excluding tert-OH is 1. The van der Waals surface area contributed by atoms with Crippen LogP contribution in [0.1, 0.15) is 194 Å². The first-order valence-corrected chi connectivity index (χ1v) is 22.2. The van der Waals surface area contributed by atoms with Gasteiger partial charge in [-0.2, -0.15) is 0 Å². The number of carbonyl (C=O) groups excluding carboxylic acids is 2. The predicted octanol–water partition coefficient (Wildman–Crippen LogP) is 10.4. The average molecular weight is 744 g/mol. The molecule has 0 rings (SSSR count). The van der Waals surface area contributed by atoms with Crippen LogP contribution in [0.3, 0.4) is 0 Å². The van der Waals surface area contributed by atoms with E-state index in [-0.39, 0.29) is 26.0 Å². The lowest BCUT2D eigenvalue weighted by molar-refractivity contribution is -0.166. The summed E-state index contributed by atoms with van der Waals surface area (Å²) >= 11 is 0. The van der Waals surface area contributed by atoms with E-state index in [0.29, 0.717) is 12.8 Å². The van der Waals surface area contributed by atoms with E-state index in [1.165, 1.54) is 77.0 Å². The second kappa shape index (κ2) is 34.6. The molecule has 300 valence electrons. The van der Waals surface area contributed by atoms with Gasteiger partial charge in [-0.1, -0.05) is 141 Å². The lowest BCUT2D eigenvalue weighted by atomic mass is 9.82. The highest BCUT2D eigenvalue weighted by atomic mass is 31.2. The van der Waals surface area contributed by atoms with Crippen LogP contribution in [0.25, 0.3) is 0 Å². The molecule has 5 N–H and O–H groups in total. The number of allylic oxidation sites excluding steroid dienone is 4. The van der Waals surface area contributed by atoms with E-state index in [1.807, 2.05) is 0 Å². The van der Waals surface area contributed by atoms with Crippen molar-refractivity contribution in [2.24, 2.45) is 5.73 Å². The molecule has 0 spiro atoms. The number of hydrogen-bond donors (Lipinski definition) is 4. The van der Waals surface area contributed by atoms with Crippen LogP contribution in [0.5, 0.6) is 0 Å². The largest absolute Gasteiger partial charge is 0.472 e. The fraction of sp³-hybridized carbons (Fsp3) is 0.854. The minimum Gasteiger partial charge on any atom is -0.387 e. The molecule has 0 radical (unpaired) electrons. The normalized spacial score (nSPS) is 14.1. The standard InChI is InChI=1S/C41H78NO8P/c1-3-5-7-9-11-13-15-17-19-21-23-25-27-29-31-33-38(43)41(46,40(45)37-50-51(47,48)49-36-35-42)39(44)34-32-30-28-26-24-22-20-18-16-14-12-10-8-6-4-2/h17-20,40,45-46H,3-16,21-37,42H2,1-2H3,(H,47,48)/b19-17+,20-18+/t40-/m0/s1. The van der Waals surface area contributed by atoms with Gasteiger partial charge in [0.2, 0.25) is 5.60 Å². The summed E-state index contributed by atoms with van der Waals surface area (Å²) < 4.78 is 21.6. The summed E-state index contributed by atoms with van der Waals surface area (Å²) in [5, 5.41) is 22.2. The van der Waals surface area contributed by atoms with Crippen molar-refractivity contribution in [1.29, 1.82) is 0 Å². The SMILES string of the molecule is CCCCCCCC/C=C/CCCCCCCC(=O)C(O)(C(=O)CCCCCCC/C=C/CCCCCCCC)[C@@H](O)COP(=O)(O)OCCN. The lowest BCUT2D eigenvalue weighted by Gasteiger charge is -2.30. The van der Waals surface area contributed by atoms with Crippen LogP contribution in [0.2, 0.25) is 0 Å². The van der Waals surface area contributed by atoms with Gasteiger partial charge in [-0.15, -0.1) is 0 Å². The van der Waals surface area contributed by atoms with Crippen LogP contribution < -0.4 is 5.73 Å². The molecule has 0 aromatic rings. The molecule has 0 aromatic heterocycles. The third-order valence-corrected chi connectivity index (χ3v) is 10.4. The van der Waals surface area contributed by atoms with Gasteiger partial charge >= 0.3 is 7.82 Å². The number of nitrogens with two attached hydrogens (primary N) is 1. The zero-order valence-electron chi connectivity index (χ0n) is 32.7. The third-order valence-electron chi connectivity index (χ3n) is 9.43. The second-order valence-electron chi connectivity index (χ2n) is 14.2. The van der Waals surface area contributed by atoms with E-state index in [2.05, 4.69) is 42.7 Å². The summed E-state index contributed by atoms with van der Waals surface area (Å²) in [5.41, 5.74) is 2.59. The van der Waals surface area contributed by atoms with Crippen LogP contribution in [-0.4, -0.2) is 58.1 Å². The monoisotopic (exact) mass is 744 g/mol. The molecule has 0 saturated carbocycles. The molecule has 10 heteroatoms. The molecule has 0 heterocycles. The number of rotatable bonds is 39. The fourth-order valence-electron chi connectivity index (χ4n) is 6.11. The van der Waals surface area contributed by atoms with E-state index in [0.717, 1.165) is 77.0 Å². The Balaban J connectivity index is 4.62. The molecule has 0 amide bonds. The Bertz CT molecular complexity index is 889. The van der Waals surface area contributed by atoms with Crippen LogP contribution >= 0.6 is 7.82 Å². The first-order chi connectivity index (χ1) is 24.7. The molecule has 0 aliphatic heterocycles. The van der Waals surface area contributed by atoms with Gasteiger partial charge in [0.15, 0.2) is 11.6 Å². The molecular formula is C41H78NO8P. The van der Waals surface area contributed by atoms with Crippen molar-refractivity contribution in [1.82, 2.24) is 0 Å². The van der Waals surface area contributed by atoms with Crippen LogP contribution in [0.4, 0.5) is 0 Å². The van der Waals surface area contributed by atoms with Gasteiger partial charge in [0.05, 0.1) is 13.2 Å².